The van der Waals surface area contributed by atoms with Crippen molar-refractivity contribution in [1.82, 2.24) is 9.80 Å². The molecular weight excluding hydrogens is 444 g/mol. The molecule has 0 aliphatic carbocycles. The molecule has 1 amide bonds. The smallest absolute Gasteiger partial charge is 0.295 e. The summed E-state index contributed by atoms with van der Waals surface area (Å²) in [5.41, 5.74) is 1.96. The van der Waals surface area contributed by atoms with Crippen LogP contribution in [0, 0.1) is 6.92 Å². The average Bonchev–Trinajstić information content (AvgIpc) is 3.09. The number of ketones is 1. The van der Waals surface area contributed by atoms with E-state index in [2.05, 4.69) is 13.2 Å². The van der Waals surface area contributed by atoms with Crippen molar-refractivity contribution in [2.75, 3.05) is 40.4 Å². The summed E-state index contributed by atoms with van der Waals surface area (Å²) in [5.74, 6) is -0.277. The number of aryl methyl sites for hydroxylation is 1. The SMILES string of the molecule is C=CCOc1ccc([C@H]2C(=C(O)c3ccc(OCC=C)cc3C)C(=O)C(=O)N2CCN(C)C)cc1. The van der Waals surface area contributed by atoms with Crippen molar-refractivity contribution < 1.29 is 24.2 Å². The number of hydrogen-bond donors (Lipinski definition) is 1. The van der Waals surface area contributed by atoms with Crippen LogP contribution in [0.4, 0.5) is 0 Å². The number of likely N-dealkylation sites (tertiary alicyclic amines) is 1. The van der Waals surface area contributed by atoms with E-state index in [0.29, 0.717) is 48.9 Å². The van der Waals surface area contributed by atoms with Gasteiger partial charge in [0.2, 0.25) is 0 Å². The first kappa shape index (κ1) is 25.8. The number of hydrogen-bond acceptors (Lipinski definition) is 6. The largest absolute Gasteiger partial charge is 0.507 e. The monoisotopic (exact) mass is 476 g/mol. The minimum absolute atomic E-state index is 0.0661. The van der Waals surface area contributed by atoms with Crippen molar-refractivity contribution in [2.45, 2.75) is 13.0 Å². The predicted octanol–water partition coefficient (Wildman–Crippen LogP) is 4.11. The second-order valence-electron chi connectivity index (χ2n) is 8.54. The first-order valence-corrected chi connectivity index (χ1v) is 11.4. The molecule has 35 heavy (non-hydrogen) atoms. The van der Waals surface area contributed by atoms with E-state index in [1.807, 2.05) is 38.1 Å². The number of benzene rings is 2. The van der Waals surface area contributed by atoms with Gasteiger partial charge in [-0.05, 0) is 62.5 Å². The van der Waals surface area contributed by atoms with Gasteiger partial charge in [-0.25, -0.2) is 0 Å². The van der Waals surface area contributed by atoms with E-state index in [-0.39, 0.29) is 11.3 Å². The summed E-state index contributed by atoms with van der Waals surface area (Å²) < 4.78 is 11.1. The molecule has 1 saturated heterocycles. The molecule has 0 unspecified atom stereocenters. The zero-order valence-electron chi connectivity index (χ0n) is 20.5. The number of likely N-dealkylation sites (N-methyl/N-ethyl adjacent to an activating group) is 1. The molecule has 1 atom stereocenters. The standard InChI is InChI=1S/C28H32N2O5/c1-6-16-34-21-10-8-20(9-11-21)25-24(27(32)28(33)30(25)15-14-29(4)5)26(31)23-13-12-22(18-19(23)3)35-17-7-2/h6-13,18,25,31H,1-2,14-17H2,3-5H3/t25-/m0/s1. The number of amides is 1. The molecule has 1 fully saturated rings. The maximum absolute atomic E-state index is 13.2. The van der Waals surface area contributed by atoms with Crippen LogP contribution < -0.4 is 9.47 Å². The highest BCUT2D eigenvalue weighted by Crippen LogP contribution is 2.40. The molecule has 184 valence electrons. The quantitative estimate of drug-likeness (QED) is 0.228. The lowest BCUT2D eigenvalue weighted by Gasteiger charge is -2.26. The van der Waals surface area contributed by atoms with Crippen LogP contribution in [-0.4, -0.2) is 67.0 Å². The van der Waals surface area contributed by atoms with E-state index >= 15 is 0 Å². The maximum atomic E-state index is 13.2. The summed E-state index contributed by atoms with van der Waals surface area (Å²) in [6, 6.07) is 11.6. The van der Waals surface area contributed by atoms with Gasteiger partial charge in [0.25, 0.3) is 11.7 Å². The highest BCUT2D eigenvalue weighted by molar-refractivity contribution is 6.46. The Morgan fingerprint density at radius 2 is 1.63 bits per heavy atom. The van der Waals surface area contributed by atoms with Gasteiger partial charge in [-0.2, -0.15) is 0 Å². The van der Waals surface area contributed by atoms with Gasteiger partial charge >= 0.3 is 0 Å². The lowest BCUT2D eigenvalue weighted by Crippen LogP contribution is -2.35. The summed E-state index contributed by atoms with van der Waals surface area (Å²) in [6.07, 6.45) is 3.30. The van der Waals surface area contributed by atoms with E-state index in [0.717, 1.165) is 5.56 Å². The van der Waals surface area contributed by atoms with E-state index in [1.54, 1.807) is 42.5 Å². The second kappa shape index (κ2) is 11.5. The Kier molecular flexibility index (Phi) is 8.49. The number of aliphatic hydroxyl groups excluding tert-OH is 1. The fraction of sp³-hybridized carbons (Fsp3) is 0.286. The third-order valence-corrected chi connectivity index (χ3v) is 5.71. The van der Waals surface area contributed by atoms with Crippen molar-refractivity contribution in [3.8, 4) is 11.5 Å². The van der Waals surface area contributed by atoms with Crippen LogP contribution in [0.2, 0.25) is 0 Å². The molecule has 1 N–H and O–H groups in total. The molecule has 7 nitrogen and oxygen atoms in total. The topological polar surface area (TPSA) is 79.3 Å². The van der Waals surface area contributed by atoms with Gasteiger partial charge in [-0.1, -0.05) is 37.4 Å². The van der Waals surface area contributed by atoms with Crippen LogP contribution in [0.25, 0.3) is 5.76 Å². The molecule has 3 rings (SSSR count). The Bertz CT molecular complexity index is 1130. The molecule has 0 aromatic heterocycles. The zero-order valence-corrected chi connectivity index (χ0v) is 20.5. The molecule has 1 heterocycles. The Morgan fingerprint density at radius 3 is 2.20 bits per heavy atom. The van der Waals surface area contributed by atoms with Gasteiger partial charge in [0, 0.05) is 18.7 Å². The van der Waals surface area contributed by atoms with E-state index in [1.165, 1.54) is 4.90 Å². The number of ether oxygens (including phenoxy) is 2. The minimum Gasteiger partial charge on any atom is -0.507 e. The van der Waals surface area contributed by atoms with Crippen molar-refractivity contribution in [3.63, 3.8) is 0 Å². The minimum atomic E-state index is -0.723. The summed E-state index contributed by atoms with van der Waals surface area (Å²) in [4.78, 5) is 29.7. The fourth-order valence-corrected chi connectivity index (χ4v) is 3.96. The zero-order chi connectivity index (χ0) is 25.5. The van der Waals surface area contributed by atoms with Crippen LogP contribution in [0.5, 0.6) is 11.5 Å². The molecule has 1 aliphatic rings. The number of aliphatic hydroxyl groups is 1. The third kappa shape index (κ3) is 5.81. The lowest BCUT2D eigenvalue weighted by molar-refractivity contribution is -0.140. The van der Waals surface area contributed by atoms with Gasteiger partial charge in [0.05, 0.1) is 11.6 Å². The van der Waals surface area contributed by atoms with Crippen LogP contribution >= 0.6 is 0 Å². The molecular formula is C28H32N2O5. The van der Waals surface area contributed by atoms with Gasteiger partial charge in [-0.3, -0.25) is 9.59 Å². The Morgan fingerprint density at radius 1 is 1.03 bits per heavy atom. The van der Waals surface area contributed by atoms with Gasteiger partial charge in [-0.15, -0.1) is 0 Å². The van der Waals surface area contributed by atoms with E-state index in [4.69, 9.17) is 9.47 Å². The third-order valence-electron chi connectivity index (χ3n) is 5.71. The molecule has 0 saturated carbocycles. The Balaban J connectivity index is 2.08. The number of carbonyl (C=O) groups is 2. The summed E-state index contributed by atoms with van der Waals surface area (Å²) in [6.45, 7) is 10.7. The Labute approximate surface area is 206 Å². The van der Waals surface area contributed by atoms with Crippen molar-refractivity contribution in [2.24, 2.45) is 0 Å². The van der Waals surface area contributed by atoms with Crippen LogP contribution in [0.3, 0.4) is 0 Å². The molecule has 0 spiro atoms. The van der Waals surface area contributed by atoms with Gasteiger partial charge in [0.1, 0.15) is 30.5 Å². The van der Waals surface area contributed by atoms with E-state index < -0.39 is 17.7 Å². The number of nitrogens with zero attached hydrogens (tertiary/aromatic N) is 2. The maximum Gasteiger partial charge on any atom is 0.295 e. The number of carbonyl (C=O) groups excluding carboxylic acids is 2. The first-order valence-electron chi connectivity index (χ1n) is 11.4. The number of rotatable bonds is 11. The van der Waals surface area contributed by atoms with Gasteiger partial charge in [0.15, 0.2) is 0 Å². The van der Waals surface area contributed by atoms with Crippen molar-refractivity contribution in [1.29, 1.82) is 0 Å². The molecule has 2 aromatic carbocycles. The normalized spacial score (nSPS) is 17.0. The summed E-state index contributed by atoms with van der Waals surface area (Å²) in [5, 5.41) is 11.3. The first-order chi connectivity index (χ1) is 16.8. The molecule has 0 bridgehead atoms. The molecule has 0 radical (unpaired) electrons. The van der Waals surface area contributed by atoms with Crippen LogP contribution in [-0.2, 0) is 9.59 Å². The lowest BCUT2D eigenvalue weighted by atomic mass is 9.94. The van der Waals surface area contributed by atoms with Crippen molar-refractivity contribution in [3.05, 3.63) is 90.0 Å². The molecule has 1 aliphatic heterocycles. The average molecular weight is 477 g/mol. The van der Waals surface area contributed by atoms with E-state index in [9.17, 15) is 14.7 Å². The van der Waals surface area contributed by atoms with Crippen LogP contribution in [0.1, 0.15) is 22.7 Å². The summed E-state index contributed by atoms with van der Waals surface area (Å²) in [7, 11) is 3.80. The molecule has 7 heteroatoms. The fourth-order valence-electron chi connectivity index (χ4n) is 3.96. The predicted molar refractivity (Wildman–Crippen MR) is 137 cm³/mol. The summed E-state index contributed by atoms with van der Waals surface area (Å²) >= 11 is 0. The van der Waals surface area contributed by atoms with Crippen LogP contribution in [0.15, 0.2) is 73.3 Å². The highest BCUT2D eigenvalue weighted by atomic mass is 16.5. The molecule has 2 aromatic rings. The van der Waals surface area contributed by atoms with Crippen molar-refractivity contribution >= 4 is 17.4 Å². The highest BCUT2D eigenvalue weighted by Gasteiger charge is 2.46. The Hall–Kier alpha value is -3.84. The number of Topliss-reactive ketones (excluding diaryl/α,β-unsaturated/α-hetero) is 1. The second-order valence-corrected chi connectivity index (χ2v) is 8.54. The van der Waals surface area contributed by atoms with Gasteiger partial charge < -0.3 is 24.4 Å².